The Morgan fingerprint density at radius 1 is 0.774 bits per heavy atom. The van der Waals surface area contributed by atoms with Gasteiger partial charge in [0.25, 0.3) is 0 Å². The number of nitrogens with zero attached hydrogens (tertiary/aromatic N) is 2. The molecule has 0 radical (unpaired) electrons. The van der Waals surface area contributed by atoms with Crippen molar-refractivity contribution < 1.29 is 28.7 Å². The van der Waals surface area contributed by atoms with Crippen molar-refractivity contribution in [3.8, 4) is 0 Å². The van der Waals surface area contributed by atoms with E-state index in [9.17, 15) is 24.0 Å². The van der Waals surface area contributed by atoms with Crippen molar-refractivity contribution >= 4 is 29.6 Å². The minimum absolute atomic E-state index is 0.0296. The lowest BCUT2D eigenvalue weighted by Crippen LogP contribution is -2.61. The van der Waals surface area contributed by atoms with E-state index in [1.165, 1.54) is 0 Å². The van der Waals surface area contributed by atoms with Gasteiger partial charge in [0, 0.05) is 31.6 Å². The molecule has 53 heavy (non-hydrogen) atoms. The summed E-state index contributed by atoms with van der Waals surface area (Å²) < 4.78 is 5.18. The lowest BCUT2D eigenvalue weighted by atomic mass is 9.99. The third-order valence-electron chi connectivity index (χ3n) is 10.0. The van der Waals surface area contributed by atoms with E-state index in [2.05, 4.69) is 20.9 Å². The molecule has 2 fully saturated rings. The minimum Gasteiger partial charge on any atom is -0.465 e. The Labute approximate surface area is 313 Å². The van der Waals surface area contributed by atoms with Gasteiger partial charge in [-0.2, -0.15) is 0 Å². The van der Waals surface area contributed by atoms with Crippen LogP contribution < -0.4 is 27.4 Å². The number of fused-ring (bicyclic) bond motifs is 2. The molecule has 13 heteroatoms. The van der Waals surface area contributed by atoms with E-state index in [0.29, 0.717) is 58.3 Å². The standard InChI is InChI=1S/C40H59N7O6/c1-4-53-36(48)26-47-30-18-19-31(47)25-46(24-30)40(52)33(17-11-12-20-41)43-38(50)34(21-27(2)3)45-39(51)35(23-29-15-9-6-10-16-29)44-37(49)32(42)22-28-13-7-5-8-14-28/h5-10,13-16,27,30-35H,4,11-12,17-26,41-42H2,1-3H3,(H,43,50)(H,44,49)(H,45,51). The summed E-state index contributed by atoms with van der Waals surface area (Å²) in [7, 11) is 0. The van der Waals surface area contributed by atoms with Crippen LogP contribution in [0.5, 0.6) is 0 Å². The Bertz CT molecular complexity index is 1480. The fourth-order valence-electron chi connectivity index (χ4n) is 7.30. The number of piperazine rings is 1. The van der Waals surface area contributed by atoms with Crippen LogP contribution >= 0.6 is 0 Å². The summed E-state index contributed by atoms with van der Waals surface area (Å²) in [6.07, 6.45) is 4.28. The molecule has 6 unspecified atom stereocenters. The molecule has 290 valence electrons. The van der Waals surface area contributed by atoms with E-state index in [4.69, 9.17) is 16.2 Å². The Kier molecular flexibility index (Phi) is 16.2. The SMILES string of the molecule is CCOC(=O)CN1C2CCC1CN(C(=O)C(CCCCN)NC(=O)C(CC(C)C)NC(=O)C(Cc1ccccc1)NC(=O)C(N)Cc1ccccc1)C2. The molecule has 2 aromatic rings. The van der Waals surface area contributed by atoms with Crippen molar-refractivity contribution in [3.05, 3.63) is 71.8 Å². The van der Waals surface area contributed by atoms with E-state index in [1.807, 2.05) is 74.5 Å². The first-order chi connectivity index (χ1) is 25.5. The predicted octanol–water partition coefficient (Wildman–Crippen LogP) is 1.67. The molecule has 2 bridgehead atoms. The molecular formula is C40H59N7O6. The molecule has 2 aliphatic heterocycles. The first-order valence-corrected chi connectivity index (χ1v) is 19.1. The van der Waals surface area contributed by atoms with Crippen LogP contribution in [-0.2, 0) is 41.6 Å². The Balaban J connectivity index is 1.47. The number of esters is 1. The third-order valence-corrected chi connectivity index (χ3v) is 10.0. The number of ether oxygens (including phenoxy) is 1. The number of carbonyl (C=O) groups is 5. The number of nitrogens with two attached hydrogens (primary N) is 2. The maximum atomic E-state index is 14.1. The molecular weight excluding hydrogens is 674 g/mol. The number of likely N-dealkylation sites (tertiary alicyclic amines) is 1. The zero-order chi connectivity index (χ0) is 38.3. The summed E-state index contributed by atoms with van der Waals surface area (Å²) in [4.78, 5) is 71.7. The first-order valence-electron chi connectivity index (χ1n) is 19.1. The Morgan fingerprint density at radius 2 is 1.32 bits per heavy atom. The zero-order valence-electron chi connectivity index (χ0n) is 31.5. The van der Waals surface area contributed by atoms with Crippen molar-refractivity contribution in [1.82, 2.24) is 25.8 Å². The molecule has 2 aromatic carbocycles. The lowest BCUT2D eigenvalue weighted by Gasteiger charge is -2.41. The zero-order valence-corrected chi connectivity index (χ0v) is 31.5. The first kappa shape index (κ1) is 41.4. The van der Waals surface area contributed by atoms with Crippen LogP contribution in [0.1, 0.15) is 70.4 Å². The van der Waals surface area contributed by atoms with Crippen LogP contribution in [0, 0.1) is 5.92 Å². The Hall–Kier alpha value is -4.33. The largest absolute Gasteiger partial charge is 0.465 e. The number of hydrogen-bond acceptors (Lipinski definition) is 9. The second-order valence-electron chi connectivity index (χ2n) is 14.7. The van der Waals surface area contributed by atoms with Crippen LogP contribution in [-0.4, -0.2) is 108 Å². The molecule has 0 aromatic heterocycles. The van der Waals surface area contributed by atoms with Gasteiger partial charge in [0.1, 0.15) is 18.1 Å². The third kappa shape index (κ3) is 12.6. The van der Waals surface area contributed by atoms with Crippen molar-refractivity contribution in [2.24, 2.45) is 17.4 Å². The van der Waals surface area contributed by atoms with Crippen molar-refractivity contribution in [2.45, 2.75) is 108 Å². The van der Waals surface area contributed by atoms with Gasteiger partial charge in [-0.3, -0.25) is 28.9 Å². The predicted molar refractivity (Wildman–Crippen MR) is 203 cm³/mol. The average molecular weight is 734 g/mol. The molecule has 4 amide bonds. The summed E-state index contributed by atoms with van der Waals surface area (Å²) in [5.74, 6) is -1.88. The number of amides is 4. The van der Waals surface area contributed by atoms with E-state index in [-0.39, 0.29) is 42.8 Å². The second kappa shape index (κ2) is 20.8. The highest BCUT2D eigenvalue weighted by molar-refractivity contribution is 5.95. The van der Waals surface area contributed by atoms with Crippen molar-refractivity contribution in [1.29, 1.82) is 0 Å². The van der Waals surface area contributed by atoms with Crippen LogP contribution in [0.2, 0.25) is 0 Å². The molecule has 2 saturated heterocycles. The summed E-state index contributed by atoms with van der Waals surface area (Å²) in [5.41, 5.74) is 13.8. The van der Waals surface area contributed by atoms with Gasteiger partial charge in [-0.25, -0.2) is 0 Å². The minimum atomic E-state index is -1.00. The van der Waals surface area contributed by atoms with Gasteiger partial charge in [-0.1, -0.05) is 74.5 Å². The second-order valence-corrected chi connectivity index (χ2v) is 14.7. The van der Waals surface area contributed by atoms with Crippen LogP contribution in [0.15, 0.2) is 60.7 Å². The summed E-state index contributed by atoms with van der Waals surface area (Å²) in [6, 6.07) is 15.1. The van der Waals surface area contributed by atoms with Gasteiger partial charge in [0.2, 0.25) is 23.6 Å². The highest BCUT2D eigenvalue weighted by Gasteiger charge is 2.43. The molecule has 6 atom stereocenters. The van der Waals surface area contributed by atoms with Gasteiger partial charge < -0.3 is 37.1 Å². The number of benzene rings is 2. The Morgan fingerprint density at radius 3 is 1.89 bits per heavy atom. The molecule has 0 aliphatic carbocycles. The van der Waals surface area contributed by atoms with Crippen LogP contribution in [0.3, 0.4) is 0 Å². The van der Waals surface area contributed by atoms with Crippen molar-refractivity contribution in [2.75, 3.05) is 32.8 Å². The topological polar surface area (TPSA) is 189 Å². The molecule has 2 heterocycles. The van der Waals surface area contributed by atoms with Crippen LogP contribution in [0.25, 0.3) is 0 Å². The highest BCUT2D eigenvalue weighted by atomic mass is 16.5. The average Bonchev–Trinajstić information content (AvgIpc) is 3.35. The number of hydrogen-bond donors (Lipinski definition) is 5. The summed E-state index contributed by atoms with van der Waals surface area (Å²) >= 11 is 0. The molecule has 13 nitrogen and oxygen atoms in total. The number of unbranched alkanes of at least 4 members (excludes halogenated alkanes) is 1. The number of rotatable bonds is 20. The summed E-state index contributed by atoms with van der Waals surface area (Å²) in [5, 5.41) is 8.74. The van der Waals surface area contributed by atoms with Gasteiger partial charge in [0.05, 0.1) is 19.2 Å². The van der Waals surface area contributed by atoms with E-state index >= 15 is 0 Å². The monoisotopic (exact) mass is 733 g/mol. The van der Waals surface area contributed by atoms with Crippen LogP contribution in [0.4, 0.5) is 0 Å². The van der Waals surface area contributed by atoms with Gasteiger partial charge in [-0.15, -0.1) is 0 Å². The number of carbonyl (C=O) groups excluding carboxylic acids is 5. The molecule has 7 N–H and O–H groups in total. The maximum Gasteiger partial charge on any atom is 0.320 e. The molecule has 0 saturated carbocycles. The normalized spacial score (nSPS) is 19.2. The van der Waals surface area contributed by atoms with E-state index < -0.39 is 41.9 Å². The quantitative estimate of drug-likeness (QED) is 0.0996. The van der Waals surface area contributed by atoms with Gasteiger partial charge in [0.15, 0.2) is 0 Å². The fourth-order valence-corrected chi connectivity index (χ4v) is 7.30. The van der Waals surface area contributed by atoms with Gasteiger partial charge >= 0.3 is 5.97 Å². The summed E-state index contributed by atoms with van der Waals surface area (Å²) in [6.45, 7) is 7.57. The van der Waals surface area contributed by atoms with E-state index in [0.717, 1.165) is 24.0 Å². The molecule has 0 spiro atoms. The highest BCUT2D eigenvalue weighted by Crippen LogP contribution is 2.30. The van der Waals surface area contributed by atoms with Gasteiger partial charge in [-0.05, 0) is 75.5 Å². The van der Waals surface area contributed by atoms with E-state index in [1.54, 1.807) is 11.8 Å². The molecule has 2 aliphatic rings. The number of nitrogens with one attached hydrogen (secondary N) is 3. The van der Waals surface area contributed by atoms with Crippen molar-refractivity contribution in [3.63, 3.8) is 0 Å². The fraction of sp³-hybridized carbons (Fsp3) is 0.575. The molecule has 4 rings (SSSR count). The maximum absolute atomic E-state index is 14.1. The lowest BCUT2D eigenvalue weighted by molar-refractivity contribution is -0.147. The smallest absolute Gasteiger partial charge is 0.320 e.